The minimum absolute atomic E-state index is 0.0670. The molecule has 0 fully saturated rings. The molecule has 12 rings (SSSR count). The maximum Gasteiger partial charge on any atom is 0.337 e. The Balaban J connectivity index is 1.28. The number of nitrogens with zero attached hydrogens (tertiary/aromatic N) is 2. The fourth-order valence-electron chi connectivity index (χ4n) is 10.7. The van der Waals surface area contributed by atoms with Crippen LogP contribution in [0.15, 0.2) is 136 Å². The Kier molecular flexibility index (Phi) is 5.99. The molecule has 4 aliphatic rings. The highest BCUT2D eigenvalue weighted by Crippen LogP contribution is 2.58. The predicted octanol–water partition coefficient (Wildman–Crippen LogP) is 12.6. The van der Waals surface area contributed by atoms with E-state index in [9.17, 15) is 0 Å². The highest BCUT2D eigenvalue weighted by atomic mass is 32.2. The van der Waals surface area contributed by atoms with Gasteiger partial charge >= 0.3 is 6.85 Å². The van der Waals surface area contributed by atoms with Gasteiger partial charge in [0.25, 0.3) is 0 Å². The molecule has 3 aliphatic heterocycles. The van der Waals surface area contributed by atoms with Crippen LogP contribution in [0.4, 0.5) is 28.4 Å². The molecule has 0 bridgehead atoms. The quantitative estimate of drug-likeness (QED) is 0.158. The zero-order valence-corrected chi connectivity index (χ0v) is 32.1. The lowest BCUT2D eigenvalue weighted by Crippen LogP contribution is -2.62. The van der Waals surface area contributed by atoms with Crippen molar-refractivity contribution in [1.82, 2.24) is 0 Å². The molecule has 4 heterocycles. The van der Waals surface area contributed by atoms with Gasteiger partial charge in [-0.3, -0.25) is 0 Å². The van der Waals surface area contributed by atoms with E-state index in [1.807, 2.05) is 11.8 Å². The van der Waals surface area contributed by atoms with Gasteiger partial charge in [-0.2, -0.15) is 0 Å². The van der Waals surface area contributed by atoms with Crippen molar-refractivity contribution in [2.24, 2.45) is 0 Å². The number of rotatable bonds is 1. The summed E-state index contributed by atoms with van der Waals surface area (Å²) < 4.78 is 7.07. The third-order valence-corrected chi connectivity index (χ3v) is 14.3. The number of fused-ring (bicyclic) bond motifs is 13. The summed E-state index contributed by atoms with van der Waals surface area (Å²) in [6, 6.07) is 45.5. The molecule has 0 saturated heterocycles. The SMILES string of the molecule is Cc1c(N2c3ccc4c(oc5ccccc54)c3B3c4c(cc5ccccc5c42)-c2cccc4c2N3c2ccccc2S4)ccc2c1C(C)(C)CCC2(C)C. The molecule has 54 heavy (non-hydrogen) atoms. The minimum atomic E-state index is -0.112. The Morgan fingerprint density at radius 3 is 2.24 bits per heavy atom. The Morgan fingerprint density at radius 2 is 1.35 bits per heavy atom. The van der Waals surface area contributed by atoms with E-state index in [1.54, 1.807) is 0 Å². The summed E-state index contributed by atoms with van der Waals surface area (Å²) in [4.78, 5) is 7.87. The van der Waals surface area contributed by atoms with Gasteiger partial charge in [-0.15, -0.1) is 0 Å². The number of para-hydroxylation sites is 3. The minimum Gasteiger partial charge on any atom is -0.456 e. The first-order valence-electron chi connectivity index (χ1n) is 19.4. The van der Waals surface area contributed by atoms with Crippen LogP contribution >= 0.6 is 11.8 Å². The van der Waals surface area contributed by atoms with Crippen LogP contribution in [0.1, 0.15) is 57.2 Å². The molecule has 7 aromatic carbocycles. The Hall–Kier alpha value is -5.39. The summed E-state index contributed by atoms with van der Waals surface area (Å²) in [5, 5.41) is 4.86. The number of benzene rings is 7. The first-order valence-corrected chi connectivity index (χ1v) is 20.2. The van der Waals surface area contributed by atoms with Gasteiger partial charge in [0.2, 0.25) is 0 Å². The Bertz CT molecular complexity index is 2970. The van der Waals surface area contributed by atoms with Gasteiger partial charge in [-0.1, -0.05) is 112 Å². The number of anilines is 5. The molecule has 1 aliphatic carbocycles. The monoisotopic (exact) mass is 714 g/mol. The van der Waals surface area contributed by atoms with Crippen molar-refractivity contribution in [1.29, 1.82) is 0 Å². The summed E-state index contributed by atoms with van der Waals surface area (Å²) >= 11 is 1.89. The third kappa shape index (κ3) is 3.86. The maximum absolute atomic E-state index is 7.07. The van der Waals surface area contributed by atoms with E-state index >= 15 is 0 Å². The summed E-state index contributed by atoms with van der Waals surface area (Å²) in [7, 11) is 0. The van der Waals surface area contributed by atoms with Crippen LogP contribution in [0.5, 0.6) is 0 Å². The van der Waals surface area contributed by atoms with Crippen molar-refractivity contribution in [2.45, 2.75) is 68.1 Å². The zero-order chi connectivity index (χ0) is 36.2. The highest BCUT2D eigenvalue weighted by Gasteiger charge is 2.50. The predicted molar refractivity (Wildman–Crippen MR) is 229 cm³/mol. The first-order chi connectivity index (χ1) is 26.2. The van der Waals surface area contributed by atoms with Crippen molar-refractivity contribution < 1.29 is 4.42 Å². The van der Waals surface area contributed by atoms with Gasteiger partial charge in [0.05, 0.1) is 11.4 Å². The van der Waals surface area contributed by atoms with Gasteiger partial charge in [-0.25, -0.2) is 0 Å². The number of hydrogen-bond donors (Lipinski definition) is 0. The molecule has 3 nitrogen and oxygen atoms in total. The molecular weight excluding hydrogens is 675 g/mol. The molecule has 5 heteroatoms. The van der Waals surface area contributed by atoms with Gasteiger partial charge in [0.1, 0.15) is 11.2 Å². The lowest BCUT2D eigenvalue weighted by molar-refractivity contribution is 0.330. The molecule has 260 valence electrons. The van der Waals surface area contributed by atoms with Crippen molar-refractivity contribution in [3.05, 3.63) is 138 Å². The third-order valence-electron chi connectivity index (χ3n) is 13.2. The fourth-order valence-corrected chi connectivity index (χ4v) is 11.8. The smallest absolute Gasteiger partial charge is 0.337 e. The summed E-state index contributed by atoms with van der Waals surface area (Å²) in [5.41, 5.74) is 17.9. The van der Waals surface area contributed by atoms with Gasteiger partial charge in [0, 0.05) is 54.0 Å². The van der Waals surface area contributed by atoms with E-state index in [0.717, 1.165) is 16.6 Å². The molecule has 0 saturated carbocycles. The molecule has 0 unspecified atom stereocenters. The van der Waals surface area contributed by atoms with E-state index in [1.165, 1.54) is 106 Å². The first kappa shape index (κ1) is 31.0. The van der Waals surface area contributed by atoms with Crippen LogP contribution < -0.4 is 20.6 Å². The second-order valence-electron chi connectivity index (χ2n) is 17.1. The van der Waals surface area contributed by atoms with E-state index in [-0.39, 0.29) is 17.7 Å². The largest absolute Gasteiger partial charge is 0.456 e. The number of hydrogen-bond acceptors (Lipinski definition) is 4. The summed E-state index contributed by atoms with van der Waals surface area (Å²) in [5.74, 6) is 0. The standard InChI is InChI=1S/C49H39BN2OS/c1-28-36(24-22-35-42(28)49(4,5)26-25-48(35,2)3)51-38-23-21-33-31-15-8-10-18-39(31)53-47(33)44(38)50-43-34(27-29-13-6-7-14-30(29)46(43)51)32-16-12-20-41-45(32)52(50)37-17-9-11-19-40(37)54-41/h6-24,27H,25-26H2,1-5H3. The van der Waals surface area contributed by atoms with Crippen LogP contribution in [-0.4, -0.2) is 6.85 Å². The molecule has 0 amide bonds. The maximum atomic E-state index is 7.07. The van der Waals surface area contributed by atoms with Crippen LogP contribution in [0, 0.1) is 6.92 Å². The van der Waals surface area contributed by atoms with Crippen molar-refractivity contribution in [3.63, 3.8) is 0 Å². The molecule has 0 atom stereocenters. The molecule has 0 radical (unpaired) electrons. The Morgan fingerprint density at radius 1 is 0.611 bits per heavy atom. The van der Waals surface area contributed by atoms with Crippen LogP contribution in [0.3, 0.4) is 0 Å². The highest BCUT2D eigenvalue weighted by molar-refractivity contribution is 7.99. The van der Waals surface area contributed by atoms with E-state index in [2.05, 4.69) is 166 Å². The van der Waals surface area contributed by atoms with Gasteiger partial charge < -0.3 is 14.1 Å². The summed E-state index contributed by atoms with van der Waals surface area (Å²) in [6.45, 7) is 12.0. The van der Waals surface area contributed by atoms with Gasteiger partial charge in [0.15, 0.2) is 0 Å². The van der Waals surface area contributed by atoms with Crippen molar-refractivity contribution in [2.75, 3.05) is 9.71 Å². The van der Waals surface area contributed by atoms with Crippen molar-refractivity contribution in [3.8, 4) is 11.1 Å². The summed E-state index contributed by atoms with van der Waals surface area (Å²) in [6.07, 6.45) is 2.36. The average Bonchev–Trinajstić information content (AvgIpc) is 3.56. The molecule has 0 spiro atoms. The van der Waals surface area contributed by atoms with E-state index in [4.69, 9.17) is 4.42 Å². The molecule has 0 N–H and O–H groups in total. The second-order valence-corrected chi connectivity index (χ2v) is 18.2. The topological polar surface area (TPSA) is 19.6 Å². The van der Waals surface area contributed by atoms with Crippen LogP contribution in [-0.2, 0) is 10.8 Å². The fraction of sp³-hybridized carbons (Fsp3) is 0.184. The van der Waals surface area contributed by atoms with E-state index in [0.29, 0.717) is 0 Å². The average molecular weight is 715 g/mol. The van der Waals surface area contributed by atoms with Gasteiger partial charge in [-0.05, 0) is 112 Å². The zero-order valence-electron chi connectivity index (χ0n) is 31.2. The van der Waals surface area contributed by atoms with Crippen LogP contribution in [0.25, 0.3) is 43.8 Å². The lowest BCUT2D eigenvalue weighted by atomic mass is 9.43. The van der Waals surface area contributed by atoms with Crippen LogP contribution in [0.2, 0.25) is 0 Å². The van der Waals surface area contributed by atoms with Crippen molar-refractivity contribution >= 4 is 90.7 Å². The number of furan rings is 1. The van der Waals surface area contributed by atoms with E-state index < -0.39 is 0 Å². The lowest BCUT2D eigenvalue weighted by Gasteiger charge is -2.49. The molecular formula is C49H39BN2OS. The Labute approximate surface area is 320 Å². The molecule has 8 aromatic rings. The normalized spacial score (nSPS) is 16.9. The second kappa shape index (κ2) is 10.4. The molecule has 1 aromatic heterocycles.